The molecule has 1 aliphatic heterocycles. The molecule has 29 heavy (non-hydrogen) atoms. The van der Waals surface area contributed by atoms with E-state index in [2.05, 4.69) is 12.6 Å². The summed E-state index contributed by atoms with van der Waals surface area (Å²) in [6.07, 6.45) is 3.80. The highest BCUT2D eigenvalue weighted by molar-refractivity contribution is 6.30. The van der Waals surface area contributed by atoms with Gasteiger partial charge in [0.05, 0.1) is 18.7 Å². The van der Waals surface area contributed by atoms with Crippen LogP contribution in [0.2, 0.25) is 10.0 Å². The van der Waals surface area contributed by atoms with Crippen LogP contribution < -0.4 is 0 Å². The largest absolute Gasteiger partial charge is 0.394 e. The summed E-state index contributed by atoms with van der Waals surface area (Å²) in [6.45, 7) is 5.77. The Hall–Kier alpha value is -1.81. The number of piperidine rings is 1. The molecule has 4 atom stereocenters. The average molecular weight is 432 g/mol. The van der Waals surface area contributed by atoms with Crippen molar-refractivity contribution in [2.75, 3.05) is 6.61 Å². The third-order valence-corrected chi connectivity index (χ3v) is 6.32. The number of carbonyl (C=O) groups is 1. The molecule has 0 aromatic heterocycles. The minimum absolute atomic E-state index is 0.0538. The number of benzene rings is 2. The number of aliphatic hydroxyl groups excluding tert-OH is 1. The highest BCUT2D eigenvalue weighted by atomic mass is 35.5. The van der Waals surface area contributed by atoms with Crippen LogP contribution in [0.15, 0.2) is 61.2 Å². The predicted octanol–water partition coefficient (Wildman–Crippen LogP) is 6.01. The number of allylic oxidation sites excluding steroid dienone is 1. The molecule has 1 aliphatic rings. The van der Waals surface area contributed by atoms with E-state index in [0.717, 1.165) is 11.1 Å². The maximum absolute atomic E-state index is 13.5. The molecule has 5 heteroatoms. The van der Waals surface area contributed by atoms with Gasteiger partial charge in [0.15, 0.2) is 0 Å². The van der Waals surface area contributed by atoms with Gasteiger partial charge in [0.25, 0.3) is 0 Å². The Balaban J connectivity index is 2.16. The van der Waals surface area contributed by atoms with E-state index in [1.165, 1.54) is 0 Å². The van der Waals surface area contributed by atoms with E-state index in [1.54, 1.807) is 6.08 Å². The van der Waals surface area contributed by atoms with E-state index in [0.29, 0.717) is 29.3 Å². The van der Waals surface area contributed by atoms with Crippen LogP contribution >= 0.6 is 23.2 Å². The van der Waals surface area contributed by atoms with Crippen molar-refractivity contribution in [2.24, 2.45) is 5.92 Å². The summed E-state index contributed by atoms with van der Waals surface area (Å²) in [6, 6.07) is 15.1. The topological polar surface area (TPSA) is 40.5 Å². The minimum atomic E-state index is -0.252. The number of rotatable bonds is 7. The molecule has 3 rings (SSSR count). The zero-order valence-corrected chi connectivity index (χ0v) is 18.1. The highest BCUT2D eigenvalue weighted by Crippen LogP contribution is 2.47. The van der Waals surface area contributed by atoms with Crippen LogP contribution in [0, 0.1) is 5.92 Å². The molecule has 3 nitrogen and oxygen atoms in total. The SMILES string of the molecule is C=CC[C@H]1CC(c2cccc(Cl)c2)[C@@H](c2ccc(Cl)cc2)N(C(CC)CO)C1=O. The standard InChI is InChI=1S/C24H27Cl2NO2/c1-3-6-18-14-22(17-7-5-8-20(26)13-17)23(16-9-11-19(25)12-10-16)27(24(18)29)21(4-2)15-28/h3,5,7-13,18,21-23,28H,1,4,6,14-15H2,2H3/t18-,21?,22?,23+/m0/s1. The summed E-state index contributed by atoms with van der Waals surface area (Å²) in [5.74, 6) is -0.0391. The maximum Gasteiger partial charge on any atom is 0.226 e. The molecule has 1 saturated heterocycles. The first-order valence-electron chi connectivity index (χ1n) is 10.0. The van der Waals surface area contributed by atoms with Crippen molar-refractivity contribution in [3.63, 3.8) is 0 Å². The Labute approximate surface area is 182 Å². The molecule has 0 bridgehead atoms. The monoisotopic (exact) mass is 431 g/mol. The Morgan fingerprint density at radius 3 is 2.48 bits per heavy atom. The van der Waals surface area contributed by atoms with Gasteiger partial charge in [-0.25, -0.2) is 0 Å². The van der Waals surface area contributed by atoms with Crippen molar-refractivity contribution in [1.82, 2.24) is 4.90 Å². The van der Waals surface area contributed by atoms with Crippen LogP contribution in [-0.2, 0) is 4.79 Å². The van der Waals surface area contributed by atoms with Crippen LogP contribution in [0.5, 0.6) is 0 Å². The zero-order valence-electron chi connectivity index (χ0n) is 16.6. The minimum Gasteiger partial charge on any atom is -0.394 e. The van der Waals surface area contributed by atoms with E-state index >= 15 is 0 Å². The van der Waals surface area contributed by atoms with Gasteiger partial charge < -0.3 is 10.0 Å². The first-order valence-corrected chi connectivity index (χ1v) is 10.8. The molecule has 0 spiro atoms. The van der Waals surface area contributed by atoms with Crippen molar-refractivity contribution in [1.29, 1.82) is 0 Å². The molecule has 1 fully saturated rings. The number of likely N-dealkylation sites (tertiary alicyclic amines) is 1. The van der Waals surface area contributed by atoms with Gasteiger partial charge in [-0.15, -0.1) is 6.58 Å². The summed E-state index contributed by atoms with van der Waals surface area (Å²) in [5.41, 5.74) is 2.11. The third kappa shape index (κ3) is 4.69. The maximum atomic E-state index is 13.5. The number of hydrogen-bond donors (Lipinski definition) is 1. The molecule has 2 unspecified atom stereocenters. The van der Waals surface area contributed by atoms with Crippen molar-refractivity contribution in [2.45, 2.75) is 44.2 Å². The second kappa shape index (κ2) is 9.80. The van der Waals surface area contributed by atoms with Gasteiger partial charge >= 0.3 is 0 Å². The lowest BCUT2D eigenvalue weighted by Gasteiger charge is -2.48. The normalized spacial score (nSPS) is 23.1. The summed E-state index contributed by atoms with van der Waals surface area (Å²) in [5, 5.41) is 11.4. The molecular formula is C24H27Cl2NO2. The number of aliphatic hydroxyl groups is 1. The van der Waals surface area contributed by atoms with Crippen LogP contribution in [0.1, 0.15) is 49.3 Å². The van der Waals surface area contributed by atoms with Gasteiger partial charge in [0.2, 0.25) is 5.91 Å². The van der Waals surface area contributed by atoms with Crippen molar-refractivity contribution >= 4 is 29.1 Å². The van der Waals surface area contributed by atoms with Gasteiger partial charge in [0, 0.05) is 21.9 Å². The van der Waals surface area contributed by atoms with E-state index < -0.39 is 0 Å². The van der Waals surface area contributed by atoms with Crippen molar-refractivity contribution in [3.8, 4) is 0 Å². The lowest BCUT2D eigenvalue weighted by Crippen LogP contribution is -2.52. The zero-order chi connectivity index (χ0) is 21.0. The molecular weight excluding hydrogens is 405 g/mol. The van der Waals surface area contributed by atoms with Gasteiger partial charge in [-0.05, 0) is 54.7 Å². The third-order valence-electron chi connectivity index (χ3n) is 5.84. The number of hydrogen-bond acceptors (Lipinski definition) is 2. The molecule has 1 N–H and O–H groups in total. The Kier molecular flexibility index (Phi) is 7.39. The van der Waals surface area contributed by atoms with Crippen LogP contribution in [0.25, 0.3) is 0 Å². The summed E-state index contributed by atoms with van der Waals surface area (Å²) >= 11 is 12.4. The molecule has 1 amide bonds. The summed E-state index contributed by atoms with van der Waals surface area (Å²) in [4.78, 5) is 15.4. The van der Waals surface area contributed by atoms with Gasteiger partial charge in [-0.3, -0.25) is 4.79 Å². The lowest BCUT2D eigenvalue weighted by atomic mass is 9.74. The lowest BCUT2D eigenvalue weighted by molar-refractivity contribution is -0.148. The van der Waals surface area contributed by atoms with E-state index in [1.807, 2.05) is 54.3 Å². The van der Waals surface area contributed by atoms with Crippen LogP contribution in [-0.4, -0.2) is 28.6 Å². The quantitative estimate of drug-likeness (QED) is 0.544. The van der Waals surface area contributed by atoms with E-state index in [4.69, 9.17) is 23.2 Å². The fourth-order valence-electron chi connectivity index (χ4n) is 4.41. The molecule has 1 heterocycles. The fraction of sp³-hybridized carbons (Fsp3) is 0.375. The number of halogens is 2. The molecule has 0 radical (unpaired) electrons. The molecule has 0 aliphatic carbocycles. The number of amides is 1. The molecule has 2 aromatic carbocycles. The van der Waals surface area contributed by atoms with E-state index in [-0.39, 0.29) is 36.4 Å². The summed E-state index contributed by atoms with van der Waals surface area (Å²) < 4.78 is 0. The second-order valence-electron chi connectivity index (χ2n) is 7.61. The fourth-order valence-corrected chi connectivity index (χ4v) is 4.73. The molecule has 0 saturated carbocycles. The van der Waals surface area contributed by atoms with Gasteiger partial charge in [-0.2, -0.15) is 0 Å². The summed E-state index contributed by atoms with van der Waals surface area (Å²) in [7, 11) is 0. The Morgan fingerprint density at radius 2 is 1.90 bits per heavy atom. The van der Waals surface area contributed by atoms with E-state index in [9.17, 15) is 9.90 Å². The first-order chi connectivity index (χ1) is 14.0. The smallest absolute Gasteiger partial charge is 0.226 e. The number of nitrogens with zero attached hydrogens (tertiary/aromatic N) is 1. The van der Waals surface area contributed by atoms with Crippen molar-refractivity contribution in [3.05, 3.63) is 82.4 Å². The second-order valence-corrected chi connectivity index (χ2v) is 8.48. The molecule has 154 valence electrons. The van der Waals surface area contributed by atoms with Crippen LogP contribution in [0.4, 0.5) is 0 Å². The van der Waals surface area contributed by atoms with Crippen LogP contribution in [0.3, 0.4) is 0 Å². The predicted molar refractivity (Wildman–Crippen MR) is 119 cm³/mol. The first kappa shape index (κ1) is 21.9. The Morgan fingerprint density at radius 1 is 1.17 bits per heavy atom. The van der Waals surface area contributed by atoms with Gasteiger partial charge in [0.1, 0.15) is 0 Å². The van der Waals surface area contributed by atoms with Gasteiger partial charge in [-0.1, -0.05) is 60.5 Å². The average Bonchev–Trinajstić information content (AvgIpc) is 2.72. The highest BCUT2D eigenvalue weighted by Gasteiger charge is 2.44. The Bertz CT molecular complexity index is 848. The van der Waals surface area contributed by atoms with Crippen molar-refractivity contribution < 1.29 is 9.90 Å². The molecule has 2 aromatic rings. The number of carbonyl (C=O) groups excluding carboxylic acids is 1.